The highest BCUT2D eigenvalue weighted by Gasteiger charge is 2.20. The molecule has 0 spiro atoms. The van der Waals surface area contributed by atoms with Crippen LogP contribution in [0.3, 0.4) is 0 Å². The van der Waals surface area contributed by atoms with Gasteiger partial charge in [-0.15, -0.1) is 21.5 Å². The summed E-state index contributed by atoms with van der Waals surface area (Å²) in [4.78, 5) is 30.8. The first-order valence-electron chi connectivity index (χ1n) is 10.8. The van der Waals surface area contributed by atoms with Crippen LogP contribution in [0.15, 0.2) is 53.7 Å². The minimum absolute atomic E-state index is 0.131. The smallest absolute Gasteiger partial charge is 0.253 e. The van der Waals surface area contributed by atoms with Gasteiger partial charge in [0.05, 0.1) is 28.1 Å². The molecule has 0 unspecified atom stereocenters. The Morgan fingerprint density at radius 3 is 2.61 bits per heavy atom. The van der Waals surface area contributed by atoms with Gasteiger partial charge in [-0.2, -0.15) is 0 Å². The summed E-state index contributed by atoms with van der Waals surface area (Å²) < 4.78 is 1.74. The van der Waals surface area contributed by atoms with Gasteiger partial charge in [0, 0.05) is 22.5 Å². The Balaban J connectivity index is 1.35. The number of carbonyl (C=O) groups is 2. The van der Waals surface area contributed by atoms with E-state index < -0.39 is 6.04 Å². The van der Waals surface area contributed by atoms with E-state index in [1.807, 2.05) is 37.3 Å². The second-order valence-corrected chi connectivity index (χ2v) is 10.8. The summed E-state index contributed by atoms with van der Waals surface area (Å²) in [7, 11) is 1.78. The molecule has 8 nitrogen and oxygen atoms in total. The van der Waals surface area contributed by atoms with Crippen LogP contribution in [-0.4, -0.2) is 37.3 Å². The summed E-state index contributed by atoms with van der Waals surface area (Å²) in [6, 6.07) is 14.1. The zero-order chi connectivity index (χ0) is 25.8. The van der Waals surface area contributed by atoms with Gasteiger partial charge < -0.3 is 15.2 Å². The van der Waals surface area contributed by atoms with Crippen LogP contribution < -0.4 is 10.6 Å². The normalized spacial score (nSPS) is 11.8. The molecule has 186 valence electrons. The lowest BCUT2D eigenvalue weighted by atomic mass is 10.1. The monoisotopic (exact) mass is 560 g/mol. The van der Waals surface area contributed by atoms with Crippen LogP contribution in [-0.2, 0) is 11.8 Å². The van der Waals surface area contributed by atoms with E-state index in [1.54, 1.807) is 30.7 Å². The maximum atomic E-state index is 12.6. The van der Waals surface area contributed by atoms with Crippen molar-refractivity contribution in [1.82, 2.24) is 25.1 Å². The van der Waals surface area contributed by atoms with E-state index >= 15 is 0 Å². The first kappa shape index (κ1) is 26.2. The second kappa shape index (κ2) is 11.4. The maximum Gasteiger partial charge on any atom is 0.253 e. The van der Waals surface area contributed by atoms with Gasteiger partial charge in [-0.25, -0.2) is 4.98 Å². The molecule has 4 rings (SSSR count). The molecule has 0 bridgehead atoms. The molecule has 4 aromatic rings. The summed E-state index contributed by atoms with van der Waals surface area (Å²) in [5.41, 5.74) is 2.18. The molecule has 2 aromatic heterocycles. The van der Waals surface area contributed by atoms with Crippen molar-refractivity contribution in [2.75, 3.05) is 11.1 Å². The molecule has 36 heavy (non-hydrogen) atoms. The number of halogens is 2. The molecule has 0 aliphatic carbocycles. The van der Waals surface area contributed by atoms with Gasteiger partial charge in [-0.3, -0.25) is 9.59 Å². The minimum atomic E-state index is -0.445. The van der Waals surface area contributed by atoms with Crippen molar-refractivity contribution in [3.05, 3.63) is 74.8 Å². The molecule has 2 N–H and O–H groups in total. The topological polar surface area (TPSA) is 102 Å². The molecule has 2 heterocycles. The van der Waals surface area contributed by atoms with Crippen molar-refractivity contribution in [3.63, 3.8) is 0 Å². The predicted molar refractivity (Wildman–Crippen MR) is 145 cm³/mol. The third-order valence-corrected chi connectivity index (χ3v) is 7.66. The van der Waals surface area contributed by atoms with E-state index in [1.165, 1.54) is 29.2 Å². The lowest BCUT2D eigenvalue weighted by molar-refractivity contribution is -0.113. The zero-order valence-corrected chi connectivity index (χ0v) is 22.7. The van der Waals surface area contributed by atoms with E-state index in [2.05, 4.69) is 25.8 Å². The van der Waals surface area contributed by atoms with Crippen molar-refractivity contribution < 1.29 is 9.59 Å². The Morgan fingerprint density at radius 1 is 1.14 bits per heavy atom. The van der Waals surface area contributed by atoms with Gasteiger partial charge >= 0.3 is 0 Å². The van der Waals surface area contributed by atoms with Gasteiger partial charge in [0.15, 0.2) is 16.1 Å². The second-order valence-electron chi connectivity index (χ2n) is 7.85. The van der Waals surface area contributed by atoms with E-state index in [0.717, 1.165) is 16.1 Å². The number of hydrogen-bond donors (Lipinski definition) is 2. The predicted octanol–water partition coefficient (Wildman–Crippen LogP) is 5.78. The maximum absolute atomic E-state index is 12.6. The summed E-state index contributed by atoms with van der Waals surface area (Å²) >= 11 is 14.7. The Morgan fingerprint density at radius 2 is 1.89 bits per heavy atom. The Labute approximate surface area is 226 Å². The SMILES string of the molecule is Cc1sc(NC(=O)CSc2nnc([C@H](C)NC(=O)c3ccc(Cl)cc3Cl)n2C)nc1-c1ccccc1. The van der Waals surface area contributed by atoms with Gasteiger partial charge in [0.2, 0.25) is 5.91 Å². The summed E-state index contributed by atoms with van der Waals surface area (Å²) in [5, 5.41) is 15.9. The molecule has 0 saturated carbocycles. The van der Waals surface area contributed by atoms with Crippen LogP contribution >= 0.6 is 46.3 Å². The quantitative estimate of drug-likeness (QED) is 0.265. The molecule has 12 heteroatoms. The number of carbonyl (C=O) groups excluding carboxylic acids is 2. The highest BCUT2D eigenvalue weighted by Crippen LogP contribution is 2.30. The molecular formula is C24H22Cl2N6O2S2. The molecule has 0 fully saturated rings. The van der Waals surface area contributed by atoms with Crippen molar-refractivity contribution in [2.24, 2.45) is 7.05 Å². The Kier molecular flexibility index (Phi) is 8.30. The highest BCUT2D eigenvalue weighted by atomic mass is 35.5. The number of anilines is 1. The fourth-order valence-corrected chi connectivity index (χ4v) is 5.51. The summed E-state index contributed by atoms with van der Waals surface area (Å²) in [6.07, 6.45) is 0. The van der Waals surface area contributed by atoms with Crippen LogP contribution in [0.2, 0.25) is 10.0 Å². The third kappa shape index (κ3) is 6.07. The lowest BCUT2D eigenvalue weighted by Crippen LogP contribution is -2.28. The fraction of sp³-hybridized carbons (Fsp3) is 0.208. The molecule has 0 saturated heterocycles. The van der Waals surface area contributed by atoms with E-state index in [9.17, 15) is 9.59 Å². The molecule has 2 aromatic carbocycles. The highest BCUT2D eigenvalue weighted by molar-refractivity contribution is 7.99. The number of thiazole rings is 1. The first-order chi connectivity index (χ1) is 17.2. The number of rotatable bonds is 8. The van der Waals surface area contributed by atoms with Gasteiger partial charge in [-0.05, 0) is 32.0 Å². The molecule has 0 aliphatic heterocycles. The Hall–Kier alpha value is -2.92. The van der Waals surface area contributed by atoms with Crippen LogP contribution in [0.1, 0.15) is 34.0 Å². The van der Waals surface area contributed by atoms with Gasteiger partial charge in [0.25, 0.3) is 5.91 Å². The lowest BCUT2D eigenvalue weighted by Gasteiger charge is -2.14. The molecule has 0 aliphatic rings. The molecular weight excluding hydrogens is 539 g/mol. The molecule has 1 atom stereocenters. The zero-order valence-electron chi connectivity index (χ0n) is 19.6. The first-order valence-corrected chi connectivity index (χ1v) is 13.4. The fourth-order valence-electron chi connectivity index (χ4n) is 3.44. The summed E-state index contributed by atoms with van der Waals surface area (Å²) in [6.45, 7) is 3.77. The number of benzene rings is 2. The minimum Gasteiger partial charge on any atom is -0.342 e. The number of thioether (sulfide) groups is 1. The van der Waals surface area contributed by atoms with Crippen molar-refractivity contribution in [2.45, 2.75) is 25.0 Å². The number of hydrogen-bond acceptors (Lipinski definition) is 7. The number of nitrogens with one attached hydrogen (secondary N) is 2. The van der Waals surface area contributed by atoms with E-state index in [4.69, 9.17) is 23.2 Å². The van der Waals surface area contributed by atoms with Crippen molar-refractivity contribution >= 4 is 63.2 Å². The van der Waals surface area contributed by atoms with Crippen LogP contribution in [0.5, 0.6) is 0 Å². The molecule has 0 radical (unpaired) electrons. The Bertz CT molecular complexity index is 1410. The third-order valence-electron chi connectivity index (χ3n) is 5.20. The van der Waals surface area contributed by atoms with Gasteiger partial charge in [-0.1, -0.05) is 65.3 Å². The average Bonchev–Trinajstić information content (AvgIpc) is 3.39. The number of aromatic nitrogens is 4. The van der Waals surface area contributed by atoms with Crippen LogP contribution in [0, 0.1) is 6.92 Å². The largest absolute Gasteiger partial charge is 0.342 e. The van der Waals surface area contributed by atoms with Gasteiger partial charge in [0.1, 0.15) is 0 Å². The average molecular weight is 562 g/mol. The number of nitrogens with zero attached hydrogens (tertiary/aromatic N) is 4. The standard InChI is InChI=1S/C24H22Cl2N6O2S2/c1-13(27-22(34)17-10-9-16(25)11-18(17)26)21-30-31-24(32(21)3)35-12-19(33)28-23-29-20(14(2)36-23)15-7-5-4-6-8-15/h4-11,13H,12H2,1-3H3,(H,27,34)(H,28,29,33)/t13-/m0/s1. The van der Waals surface area contributed by atoms with E-state index in [-0.39, 0.29) is 22.6 Å². The van der Waals surface area contributed by atoms with Crippen molar-refractivity contribution in [1.29, 1.82) is 0 Å². The summed E-state index contributed by atoms with van der Waals surface area (Å²) in [5.74, 6) is 0.122. The van der Waals surface area contributed by atoms with Crippen LogP contribution in [0.25, 0.3) is 11.3 Å². The molecule has 2 amide bonds. The van der Waals surface area contributed by atoms with Crippen LogP contribution in [0.4, 0.5) is 5.13 Å². The van der Waals surface area contributed by atoms with E-state index in [0.29, 0.717) is 26.7 Å². The number of aryl methyl sites for hydroxylation is 1. The van der Waals surface area contributed by atoms with Crippen molar-refractivity contribution in [3.8, 4) is 11.3 Å². The number of amides is 2.